The summed E-state index contributed by atoms with van der Waals surface area (Å²) in [5, 5.41) is 4.02. The standard InChI is InChI=1S/C25H31BrN4O/c1-17(2)15-27-23(31)12-13-30(16-18(3)4)25-21-10-5-6-11-22(21)28-24(29-25)19-8-7-9-20(26)14-19/h5-11,14,17-18H,12-13,15-16H2,1-4H3,(H,27,31). The first kappa shape index (κ1) is 23.2. The van der Waals surface area contributed by atoms with Gasteiger partial charge in [0.25, 0.3) is 0 Å². The van der Waals surface area contributed by atoms with E-state index in [4.69, 9.17) is 9.97 Å². The molecule has 6 heteroatoms. The Morgan fingerprint density at radius 3 is 2.52 bits per heavy atom. The lowest BCUT2D eigenvalue weighted by Crippen LogP contribution is -2.35. The topological polar surface area (TPSA) is 58.1 Å². The van der Waals surface area contributed by atoms with Crippen LogP contribution < -0.4 is 10.2 Å². The molecule has 0 saturated carbocycles. The molecule has 3 aromatic rings. The van der Waals surface area contributed by atoms with Gasteiger partial charge in [-0.15, -0.1) is 0 Å². The second-order valence-electron chi connectivity index (χ2n) is 8.69. The Morgan fingerprint density at radius 1 is 1.03 bits per heavy atom. The number of para-hydroxylation sites is 1. The maximum Gasteiger partial charge on any atom is 0.221 e. The molecule has 0 unspecified atom stereocenters. The van der Waals surface area contributed by atoms with Crippen molar-refractivity contribution in [2.24, 2.45) is 11.8 Å². The molecule has 0 aliphatic rings. The van der Waals surface area contributed by atoms with E-state index in [1.54, 1.807) is 0 Å². The lowest BCUT2D eigenvalue weighted by Gasteiger charge is -2.27. The molecule has 1 heterocycles. The number of fused-ring (bicyclic) bond motifs is 1. The fourth-order valence-electron chi connectivity index (χ4n) is 3.42. The molecule has 0 fully saturated rings. The maximum atomic E-state index is 12.4. The Hall–Kier alpha value is -2.47. The number of hydrogen-bond acceptors (Lipinski definition) is 4. The van der Waals surface area contributed by atoms with E-state index in [1.807, 2.05) is 42.5 Å². The second kappa shape index (κ2) is 10.7. The first-order chi connectivity index (χ1) is 14.8. The van der Waals surface area contributed by atoms with Crippen LogP contribution in [-0.2, 0) is 4.79 Å². The number of carbonyl (C=O) groups excluding carboxylic acids is 1. The largest absolute Gasteiger partial charge is 0.356 e. The summed E-state index contributed by atoms with van der Waals surface area (Å²) in [5.74, 6) is 2.52. The summed E-state index contributed by atoms with van der Waals surface area (Å²) < 4.78 is 0.990. The molecule has 1 amide bonds. The highest BCUT2D eigenvalue weighted by atomic mass is 79.9. The zero-order chi connectivity index (χ0) is 22.4. The number of halogens is 1. The summed E-state index contributed by atoms with van der Waals surface area (Å²) in [6.07, 6.45) is 0.435. The predicted molar refractivity (Wildman–Crippen MR) is 132 cm³/mol. The number of carbonyl (C=O) groups is 1. The zero-order valence-electron chi connectivity index (χ0n) is 18.7. The van der Waals surface area contributed by atoms with Crippen molar-refractivity contribution in [3.63, 3.8) is 0 Å². The van der Waals surface area contributed by atoms with Crippen molar-refractivity contribution in [1.82, 2.24) is 15.3 Å². The highest BCUT2D eigenvalue weighted by molar-refractivity contribution is 9.10. The molecule has 0 atom stereocenters. The highest BCUT2D eigenvalue weighted by Gasteiger charge is 2.18. The van der Waals surface area contributed by atoms with Crippen LogP contribution in [0.5, 0.6) is 0 Å². The van der Waals surface area contributed by atoms with Gasteiger partial charge >= 0.3 is 0 Å². The van der Waals surface area contributed by atoms with E-state index in [9.17, 15) is 4.79 Å². The molecule has 2 aromatic carbocycles. The van der Waals surface area contributed by atoms with Crippen LogP contribution in [0, 0.1) is 11.8 Å². The Labute approximate surface area is 193 Å². The molecule has 0 bridgehead atoms. The van der Waals surface area contributed by atoms with Crippen LogP contribution >= 0.6 is 15.9 Å². The van der Waals surface area contributed by atoms with E-state index in [0.717, 1.165) is 33.3 Å². The third kappa shape index (κ3) is 6.50. The fraction of sp³-hybridized carbons (Fsp3) is 0.400. The van der Waals surface area contributed by atoms with Crippen molar-refractivity contribution in [2.45, 2.75) is 34.1 Å². The van der Waals surface area contributed by atoms with Gasteiger partial charge in [0, 0.05) is 41.5 Å². The molecule has 0 spiro atoms. The van der Waals surface area contributed by atoms with E-state index in [-0.39, 0.29) is 5.91 Å². The van der Waals surface area contributed by atoms with Gasteiger partial charge in [0.2, 0.25) is 5.91 Å². The lowest BCUT2D eigenvalue weighted by molar-refractivity contribution is -0.121. The Kier molecular flexibility index (Phi) is 8.02. The first-order valence-corrected chi connectivity index (χ1v) is 11.7. The number of anilines is 1. The summed E-state index contributed by atoms with van der Waals surface area (Å²) in [4.78, 5) is 24.4. The molecule has 0 aliphatic carbocycles. The van der Waals surface area contributed by atoms with Crippen molar-refractivity contribution >= 4 is 38.6 Å². The molecule has 31 heavy (non-hydrogen) atoms. The summed E-state index contributed by atoms with van der Waals surface area (Å²) in [5.41, 5.74) is 1.86. The smallest absolute Gasteiger partial charge is 0.221 e. The van der Waals surface area contributed by atoms with Gasteiger partial charge in [-0.1, -0.05) is 67.9 Å². The minimum absolute atomic E-state index is 0.0769. The molecule has 0 radical (unpaired) electrons. The van der Waals surface area contributed by atoms with Crippen molar-refractivity contribution in [3.05, 3.63) is 53.0 Å². The van der Waals surface area contributed by atoms with E-state index < -0.39 is 0 Å². The van der Waals surface area contributed by atoms with Gasteiger partial charge in [-0.25, -0.2) is 9.97 Å². The number of nitrogens with one attached hydrogen (secondary N) is 1. The van der Waals surface area contributed by atoms with Crippen LogP contribution in [-0.4, -0.2) is 35.5 Å². The van der Waals surface area contributed by atoms with Crippen LogP contribution in [0.25, 0.3) is 22.3 Å². The van der Waals surface area contributed by atoms with E-state index in [0.29, 0.717) is 37.2 Å². The number of aromatic nitrogens is 2. The Bertz CT molecular complexity index is 1030. The van der Waals surface area contributed by atoms with E-state index >= 15 is 0 Å². The van der Waals surface area contributed by atoms with Gasteiger partial charge < -0.3 is 10.2 Å². The number of nitrogens with zero attached hydrogens (tertiary/aromatic N) is 3. The van der Waals surface area contributed by atoms with Crippen LogP contribution in [0.2, 0.25) is 0 Å². The normalized spacial score (nSPS) is 11.3. The number of benzene rings is 2. The molecule has 0 aliphatic heterocycles. The van der Waals surface area contributed by atoms with Gasteiger partial charge in [-0.3, -0.25) is 4.79 Å². The summed E-state index contributed by atoms with van der Waals surface area (Å²) in [6.45, 7) is 10.7. The molecule has 5 nitrogen and oxygen atoms in total. The summed E-state index contributed by atoms with van der Waals surface area (Å²) in [7, 11) is 0. The van der Waals surface area contributed by atoms with E-state index in [1.165, 1.54) is 0 Å². The SMILES string of the molecule is CC(C)CNC(=O)CCN(CC(C)C)c1nc(-c2cccc(Br)c2)nc2ccccc12. The molecule has 164 valence electrons. The zero-order valence-corrected chi connectivity index (χ0v) is 20.3. The predicted octanol–water partition coefficient (Wildman–Crippen LogP) is 5.68. The third-order valence-corrected chi connectivity index (χ3v) is 5.36. The summed E-state index contributed by atoms with van der Waals surface area (Å²) in [6, 6.07) is 16.1. The van der Waals surface area contributed by atoms with Crippen LogP contribution in [0.1, 0.15) is 34.1 Å². The molecule has 1 N–H and O–H groups in total. The quantitative estimate of drug-likeness (QED) is 0.425. The molecule has 1 aromatic heterocycles. The van der Waals surface area contributed by atoms with Crippen molar-refractivity contribution in [2.75, 3.05) is 24.5 Å². The number of hydrogen-bond donors (Lipinski definition) is 1. The van der Waals surface area contributed by atoms with Gasteiger partial charge in [-0.05, 0) is 36.1 Å². The minimum Gasteiger partial charge on any atom is -0.356 e. The lowest BCUT2D eigenvalue weighted by atomic mass is 10.1. The Balaban J connectivity index is 1.97. The average Bonchev–Trinajstić information content (AvgIpc) is 2.74. The van der Waals surface area contributed by atoms with Crippen LogP contribution in [0.3, 0.4) is 0 Å². The molecule has 3 rings (SSSR count). The number of amides is 1. The van der Waals surface area contributed by atoms with Crippen molar-refractivity contribution in [1.29, 1.82) is 0 Å². The van der Waals surface area contributed by atoms with Crippen molar-refractivity contribution in [3.8, 4) is 11.4 Å². The van der Waals surface area contributed by atoms with Crippen LogP contribution in [0.15, 0.2) is 53.0 Å². The minimum atomic E-state index is 0.0769. The molecular weight excluding hydrogens is 452 g/mol. The van der Waals surface area contributed by atoms with Gasteiger partial charge in [0.05, 0.1) is 5.52 Å². The third-order valence-electron chi connectivity index (χ3n) is 4.87. The van der Waals surface area contributed by atoms with Gasteiger partial charge in [0.1, 0.15) is 5.82 Å². The van der Waals surface area contributed by atoms with Gasteiger partial charge in [0.15, 0.2) is 5.82 Å². The Morgan fingerprint density at radius 2 is 1.81 bits per heavy atom. The summed E-state index contributed by atoms with van der Waals surface area (Å²) >= 11 is 3.54. The number of rotatable bonds is 9. The maximum absolute atomic E-state index is 12.4. The molecule has 0 saturated heterocycles. The van der Waals surface area contributed by atoms with Crippen molar-refractivity contribution < 1.29 is 4.79 Å². The van der Waals surface area contributed by atoms with E-state index in [2.05, 4.69) is 59.9 Å². The average molecular weight is 483 g/mol. The fourth-order valence-corrected chi connectivity index (χ4v) is 3.82. The van der Waals surface area contributed by atoms with Crippen LogP contribution in [0.4, 0.5) is 5.82 Å². The highest BCUT2D eigenvalue weighted by Crippen LogP contribution is 2.29. The second-order valence-corrected chi connectivity index (χ2v) is 9.60. The molecular formula is C25H31BrN4O. The first-order valence-electron chi connectivity index (χ1n) is 10.9. The monoisotopic (exact) mass is 482 g/mol. The van der Waals surface area contributed by atoms with Gasteiger partial charge in [-0.2, -0.15) is 0 Å².